The Bertz CT molecular complexity index is 349. The van der Waals surface area contributed by atoms with Gasteiger partial charge in [0.15, 0.2) is 0 Å². The number of aromatic nitrogens is 1. The molecule has 0 aliphatic heterocycles. The second-order valence-electron chi connectivity index (χ2n) is 4.06. The van der Waals surface area contributed by atoms with E-state index in [4.69, 9.17) is 14.2 Å². The Labute approximate surface area is 113 Å². The number of aliphatic hydroxyl groups is 1. The molecule has 108 valence electrons. The Balaban J connectivity index is 2.15. The van der Waals surface area contributed by atoms with Crippen LogP contribution in [0, 0.1) is 0 Å². The van der Waals surface area contributed by atoms with Gasteiger partial charge in [-0.3, -0.25) is 0 Å². The molecular formula is C13H22N2O4. The highest BCUT2D eigenvalue weighted by atomic mass is 16.5. The molecular weight excluding hydrogens is 248 g/mol. The highest BCUT2D eigenvalue weighted by molar-refractivity contribution is 5.20. The quantitative estimate of drug-likeness (QED) is 0.592. The van der Waals surface area contributed by atoms with Gasteiger partial charge in [-0.2, -0.15) is 0 Å². The molecule has 6 nitrogen and oxygen atoms in total. The first-order valence-electron chi connectivity index (χ1n) is 6.20. The van der Waals surface area contributed by atoms with Gasteiger partial charge in [-0.05, 0) is 11.6 Å². The predicted molar refractivity (Wildman–Crippen MR) is 71.2 cm³/mol. The first-order valence-corrected chi connectivity index (χ1v) is 6.20. The summed E-state index contributed by atoms with van der Waals surface area (Å²) in [4.78, 5) is 4.03. The fraction of sp³-hybridized carbons (Fsp3) is 0.615. The Hall–Kier alpha value is -1.21. The van der Waals surface area contributed by atoms with Crippen LogP contribution >= 0.6 is 0 Å². The number of hydrogen-bond donors (Lipinski definition) is 2. The summed E-state index contributed by atoms with van der Waals surface area (Å²) in [5, 5.41) is 12.8. The van der Waals surface area contributed by atoms with Gasteiger partial charge in [0.1, 0.15) is 0 Å². The van der Waals surface area contributed by atoms with Crippen LogP contribution in [0.15, 0.2) is 18.3 Å². The van der Waals surface area contributed by atoms with Crippen molar-refractivity contribution in [2.45, 2.75) is 12.6 Å². The van der Waals surface area contributed by atoms with Gasteiger partial charge in [0.05, 0.1) is 33.0 Å². The average molecular weight is 270 g/mol. The molecule has 1 rings (SSSR count). The second-order valence-corrected chi connectivity index (χ2v) is 4.06. The fourth-order valence-electron chi connectivity index (χ4n) is 1.48. The van der Waals surface area contributed by atoms with Gasteiger partial charge in [0, 0.05) is 32.5 Å². The standard InChI is InChI=1S/C13H22N2O4/c1-17-5-6-19-10-12(16)9-14-8-11-3-4-15-13(7-11)18-2/h3-4,7,12,14,16H,5-6,8-10H2,1-2H3. The van der Waals surface area contributed by atoms with Crippen molar-refractivity contribution in [1.29, 1.82) is 0 Å². The van der Waals surface area contributed by atoms with E-state index in [1.54, 1.807) is 20.4 Å². The molecule has 6 heteroatoms. The third-order valence-electron chi connectivity index (χ3n) is 2.46. The number of nitrogens with one attached hydrogen (secondary N) is 1. The van der Waals surface area contributed by atoms with Crippen LogP contribution in [0.1, 0.15) is 5.56 Å². The van der Waals surface area contributed by atoms with Crippen molar-refractivity contribution in [3.63, 3.8) is 0 Å². The maximum absolute atomic E-state index is 9.66. The van der Waals surface area contributed by atoms with Crippen LogP contribution in [0.5, 0.6) is 5.88 Å². The van der Waals surface area contributed by atoms with E-state index in [9.17, 15) is 5.11 Å². The van der Waals surface area contributed by atoms with E-state index in [-0.39, 0.29) is 0 Å². The lowest BCUT2D eigenvalue weighted by atomic mass is 10.2. The summed E-state index contributed by atoms with van der Waals surface area (Å²) in [6, 6.07) is 3.76. The number of ether oxygens (including phenoxy) is 3. The molecule has 0 saturated carbocycles. The first-order chi connectivity index (χ1) is 9.26. The minimum Gasteiger partial charge on any atom is -0.481 e. The van der Waals surface area contributed by atoms with Crippen LogP contribution in [0.25, 0.3) is 0 Å². The molecule has 0 aliphatic rings. The smallest absolute Gasteiger partial charge is 0.213 e. The number of hydrogen-bond acceptors (Lipinski definition) is 6. The molecule has 1 heterocycles. The van der Waals surface area contributed by atoms with Crippen LogP contribution in [0.2, 0.25) is 0 Å². The van der Waals surface area contributed by atoms with E-state index in [0.717, 1.165) is 5.56 Å². The number of methoxy groups -OCH3 is 2. The largest absolute Gasteiger partial charge is 0.481 e. The SMILES string of the molecule is COCCOCC(O)CNCc1ccnc(OC)c1. The lowest BCUT2D eigenvalue weighted by molar-refractivity contribution is 0.0137. The maximum Gasteiger partial charge on any atom is 0.213 e. The predicted octanol–water partition coefficient (Wildman–Crippen LogP) is 0.204. The summed E-state index contributed by atoms with van der Waals surface area (Å²) in [6.45, 7) is 2.45. The molecule has 0 fully saturated rings. The van der Waals surface area contributed by atoms with Crippen LogP contribution in [-0.4, -0.2) is 56.8 Å². The average Bonchev–Trinajstić information content (AvgIpc) is 2.44. The molecule has 2 N–H and O–H groups in total. The van der Waals surface area contributed by atoms with E-state index < -0.39 is 6.10 Å². The topological polar surface area (TPSA) is 72.8 Å². The lowest BCUT2D eigenvalue weighted by Gasteiger charge is -2.12. The van der Waals surface area contributed by atoms with E-state index in [2.05, 4.69) is 10.3 Å². The third kappa shape index (κ3) is 7.07. The zero-order valence-corrected chi connectivity index (χ0v) is 11.5. The van der Waals surface area contributed by atoms with Crippen LogP contribution in [0.3, 0.4) is 0 Å². The molecule has 0 aromatic carbocycles. The summed E-state index contributed by atoms with van der Waals surface area (Å²) in [6.07, 6.45) is 1.17. The zero-order chi connectivity index (χ0) is 13.9. The van der Waals surface area contributed by atoms with E-state index in [1.807, 2.05) is 12.1 Å². The van der Waals surface area contributed by atoms with Crippen molar-refractivity contribution < 1.29 is 19.3 Å². The van der Waals surface area contributed by atoms with E-state index in [1.165, 1.54) is 0 Å². The maximum atomic E-state index is 9.66. The molecule has 0 radical (unpaired) electrons. The first kappa shape index (κ1) is 15.8. The number of rotatable bonds is 10. The molecule has 0 saturated heterocycles. The molecule has 1 atom stereocenters. The minimum absolute atomic E-state index is 0.302. The number of aliphatic hydroxyl groups excluding tert-OH is 1. The van der Waals surface area contributed by atoms with Gasteiger partial charge in [-0.15, -0.1) is 0 Å². The fourth-order valence-corrected chi connectivity index (χ4v) is 1.48. The lowest BCUT2D eigenvalue weighted by Crippen LogP contribution is -2.30. The van der Waals surface area contributed by atoms with Crippen molar-refractivity contribution in [1.82, 2.24) is 10.3 Å². The Kier molecular flexibility index (Phi) is 8.08. The van der Waals surface area contributed by atoms with Crippen molar-refractivity contribution in [2.75, 3.05) is 40.6 Å². The molecule has 0 spiro atoms. The summed E-state index contributed by atoms with van der Waals surface area (Å²) < 4.78 is 15.1. The van der Waals surface area contributed by atoms with Crippen molar-refractivity contribution >= 4 is 0 Å². The number of nitrogens with zero attached hydrogens (tertiary/aromatic N) is 1. The van der Waals surface area contributed by atoms with Gasteiger partial charge in [-0.1, -0.05) is 0 Å². The van der Waals surface area contributed by atoms with Gasteiger partial charge in [0.2, 0.25) is 5.88 Å². The molecule has 19 heavy (non-hydrogen) atoms. The molecule has 1 unspecified atom stereocenters. The van der Waals surface area contributed by atoms with E-state index >= 15 is 0 Å². The monoisotopic (exact) mass is 270 g/mol. The van der Waals surface area contributed by atoms with Gasteiger partial charge in [0.25, 0.3) is 0 Å². The molecule has 1 aromatic heterocycles. The van der Waals surface area contributed by atoms with Crippen molar-refractivity contribution in [3.8, 4) is 5.88 Å². The Morgan fingerprint density at radius 2 is 2.21 bits per heavy atom. The highest BCUT2D eigenvalue weighted by Gasteiger charge is 2.04. The zero-order valence-electron chi connectivity index (χ0n) is 11.5. The van der Waals surface area contributed by atoms with Gasteiger partial charge >= 0.3 is 0 Å². The van der Waals surface area contributed by atoms with Crippen LogP contribution in [-0.2, 0) is 16.0 Å². The third-order valence-corrected chi connectivity index (χ3v) is 2.46. The molecule has 1 aromatic rings. The normalized spacial score (nSPS) is 12.4. The summed E-state index contributed by atoms with van der Waals surface area (Å²) in [5.41, 5.74) is 1.05. The number of pyridine rings is 1. The van der Waals surface area contributed by atoms with E-state index in [0.29, 0.717) is 38.8 Å². The summed E-state index contributed by atoms with van der Waals surface area (Å²) >= 11 is 0. The molecule has 0 bridgehead atoms. The van der Waals surface area contributed by atoms with Crippen molar-refractivity contribution in [2.24, 2.45) is 0 Å². The van der Waals surface area contributed by atoms with Gasteiger partial charge in [-0.25, -0.2) is 4.98 Å². The summed E-state index contributed by atoms with van der Waals surface area (Å²) in [7, 11) is 3.20. The van der Waals surface area contributed by atoms with Gasteiger partial charge < -0.3 is 24.6 Å². The highest BCUT2D eigenvalue weighted by Crippen LogP contribution is 2.07. The van der Waals surface area contributed by atoms with Crippen molar-refractivity contribution in [3.05, 3.63) is 23.9 Å². The van der Waals surface area contributed by atoms with Crippen LogP contribution in [0.4, 0.5) is 0 Å². The minimum atomic E-state index is -0.527. The van der Waals surface area contributed by atoms with Crippen LogP contribution < -0.4 is 10.1 Å². The Morgan fingerprint density at radius 1 is 1.37 bits per heavy atom. The molecule has 0 amide bonds. The second kappa shape index (κ2) is 9.69. The summed E-state index contributed by atoms with van der Waals surface area (Å²) in [5.74, 6) is 0.586. The molecule has 0 aliphatic carbocycles. The Morgan fingerprint density at radius 3 is 2.95 bits per heavy atom.